The van der Waals surface area contributed by atoms with Gasteiger partial charge in [0.25, 0.3) is 0 Å². The molecule has 6 nitrogen and oxygen atoms in total. The van der Waals surface area contributed by atoms with Crippen LogP contribution in [0.1, 0.15) is 23.5 Å². The Hall–Kier alpha value is -2.43. The molecule has 3 rings (SSSR count). The van der Waals surface area contributed by atoms with Crippen molar-refractivity contribution in [1.82, 2.24) is 9.88 Å². The van der Waals surface area contributed by atoms with E-state index in [4.69, 9.17) is 4.74 Å². The number of anilines is 1. The lowest BCUT2D eigenvalue weighted by Crippen LogP contribution is -2.48. The molecule has 0 spiro atoms. The van der Waals surface area contributed by atoms with Crippen LogP contribution in [0.15, 0.2) is 29.6 Å². The average Bonchev–Trinajstić information content (AvgIpc) is 3.10. The van der Waals surface area contributed by atoms with Crippen LogP contribution in [0.3, 0.4) is 0 Å². The maximum absolute atomic E-state index is 12.6. The number of hydrogen-bond donors (Lipinski definition) is 0. The molecule has 0 aliphatic carbocycles. The quantitative estimate of drug-likeness (QED) is 0.731. The van der Waals surface area contributed by atoms with Crippen molar-refractivity contribution in [2.75, 3.05) is 44.2 Å². The molecule has 1 aromatic heterocycles. The maximum Gasteiger partial charge on any atom is 0.170 e. The van der Waals surface area contributed by atoms with E-state index in [1.165, 1.54) is 11.3 Å². The van der Waals surface area contributed by atoms with Gasteiger partial charge in [-0.2, -0.15) is 5.26 Å². The number of para-hydroxylation sites is 2. The number of hydrogen-bond acceptors (Lipinski definition) is 7. The van der Waals surface area contributed by atoms with Crippen LogP contribution in [0.4, 0.5) is 5.69 Å². The number of ketones is 1. The average molecular weight is 385 g/mol. The van der Waals surface area contributed by atoms with Gasteiger partial charge in [-0.05, 0) is 26.0 Å². The van der Waals surface area contributed by atoms with E-state index in [2.05, 4.69) is 26.9 Å². The van der Waals surface area contributed by atoms with Crippen LogP contribution in [0, 0.1) is 18.3 Å². The summed E-state index contributed by atoms with van der Waals surface area (Å²) < 4.78 is 5.73. The summed E-state index contributed by atoms with van der Waals surface area (Å²) in [7, 11) is 0. The van der Waals surface area contributed by atoms with E-state index in [0.29, 0.717) is 11.6 Å². The van der Waals surface area contributed by atoms with Gasteiger partial charge in [0, 0.05) is 37.3 Å². The summed E-state index contributed by atoms with van der Waals surface area (Å²) in [5, 5.41) is 11.9. The van der Waals surface area contributed by atoms with Crippen molar-refractivity contribution in [2.24, 2.45) is 0 Å². The van der Waals surface area contributed by atoms with E-state index in [1.807, 2.05) is 37.4 Å². The highest BCUT2D eigenvalue weighted by atomic mass is 32.1. The number of carbonyl (C=O) groups is 1. The third-order valence-electron chi connectivity index (χ3n) is 4.59. The van der Waals surface area contributed by atoms with Gasteiger partial charge in [-0.3, -0.25) is 9.69 Å². The topological polar surface area (TPSA) is 69.5 Å². The molecule has 2 heterocycles. The van der Waals surface area contributed by atoms with Crippen molar-refractivity contribution >= 4 is 22.8 Å². The van der Waals surface area contributed by atoms with Gasteiger partial charge in [-0.15, -0.1) is 11.3 Å². The minimum Gasteiger partial charge on any atom is -0.492 e. The molecule has 0 unspecified atom stereocenters. The van der Waals surface area contributed by atoms with E-state index in [0.717, 1.165) is 43.3 Å². The molecule has 1 saturated heterocycles. The standard InChI is InChI=1S/C20H24N4O2S/c1-3-26-19-7-5-4-6-17(19)24-10-8-23(9-11-24)13-18(25)16(12-21)20-22-15(2)14-27-20/h4-7,14,16H,3,8-11,13H2,1-2H3/t16-/m0/s1. The van der Waals surface area contributed by atoms with Gasteiger partial charge in [0.05, 0.1) is 24.9 Å². The molecular formula is C20H24N4O2S. The molecule has 7 heteroatoms. The van der Waals surface area contributed by atoms with Gasteiger partial charge >= 0.3 is 0 Å². The van der Waals surface area contributed by atoms with Crippen molar-refractivity contribution in [2.45, 2.75) is 19.8 Å². The second-order valence-corrected chi connectivity index (χ2v) is 7.41. The molecular weight excluding hydrogens is 360 g/mol. The Morgan fingerprint density at radius 3 is 2.70 bits per heavy atom. The predicted octanol–water partition coefficient (Wildman–Crippen LogP) is 2.85. The van der Waals surface area contributed by atoms with Crippen molar-refractivity contribution in [3.63, 3.8) is 0 Å². The molecule has 0 radical (unpaired) electrons. The zero-order valence-corrected chi connectivity index (χ0v) is 16.5. The van der Waals surface area contributed by atoms with Crippen LogP contribution < -0.4 is 9.64 Å². The maximum atomic E-state index is 12.6. The summed E-state index contributed by atoms with van der Waals surface area (Å²) in [6.45, 7) is 7.99. The largest absolute Gasteiger partial charge is 0.492 e. The van der Waals surface area contributed by atoms with E-state index in [-0.39, 0.29) is 12.3 Å². The van der Waals surface area contributed by atoms with Crippen LogP contribution in [0.5, 0.6) is 5.75 Å². The molecule has 1 aromatic carbocycles. The predicted molar refractivity (Wildman–Crippen MR) is 106 cm³/mol. The highest BCUT2D eigenvalue weighted by molar-refractivity contribution is 7.09. The number of ether oxygens (including phenoxy) is 1. The zero-order chi connectivity index (χ0) is 19.2. The summed E-state index contributed by atoms with van der Waals surface area (Å²) in [6.07, 6.45) is 0. The number of rotatable bonds is 7. The van der Waals surface area contributed by atoms with Crippen molar-refractivity contribution in [1.29, 1.82) is 5.26 Å². The Labute approximate surface area is 164 Å². The molecule has 1 atom stereocenters. The van der Waals surface area contributed by atoms with Crippen LogP contribution in [-0.2, 0) is 4.79 Å². The zero-order valence-electron chi connectivity index (χ0n) is 15.7. The summed E-state index contributed by atoms with van der Waals surface area (Å²) in [4.78, 5) is 21.3. The fraction of sp³-hybridized carbons (Fsp3) is 0.450. The van der Waals surface area contributed by atoms with Crippen LogP contribution in [0.25, 0.3) is 0 Å². The molecule has 0 amide bonds. The van der Waals surface area contributed by atoms with Gasteiger partial charge in [-0.25, -0.2) is 4.98 Å². The Kier molecular flexibility index (Phi) is 6.43. The molecule has 1 aliphatic heterocycles. The number of piperazine rings is 1. The number of thiazole rings is 1. The van der Waals surface area contributed by atoms with Gasteiger partial charge in [0.1, 0.15) is 10.8 Å². The molecule has 1 fully saturated rings. The van der Waals surface area contributed by atoms with Crippen molar-refractivity contribution in [3.8, 4) is 11.8 Å². The van der Waals surface area contributed by atoms with E-state index >= 15 is 0 Å². The van der Waals surface area contributed by atoms with Crippen molar-refractivity contribution < 1.29 is 9.53 Å². The normalized spacial score (nSPS) is 16.0. The lowest BCUT2D eigenvalue weighted by atomic mass is 10.1. The van der Waals surface area contributed by atoms with Crippen LogP contribution in [-0.4, -0.2) is 55.0 Å². The van der Waals surface area contributed by atoms with Gasteiger partial charge in [0.15, 0.2) is 11.7 Å². The number of benzene rings is 1. The molecule has 1 aliphatic rings. The number of nitrogens with zero attached hydrogens (tertiary/aromatic N) is 4. The lowest BCUT2D eigenvalue weighted by molar-refractivity contribution is -0.120. The lowest BCUT2D eigenvalue weighted by Gasteiger charge is -2.36. The van der Waals surface area contributed by atoms with Gasteiger partial charge < -0.3 is 9.64 Å². The Balaban J connectivity index is 1.58. The first-order chi connectivity index (χ1) is 13.1. The van der Waals surface area contributed by atoms with E-state index in [1.54, 1.807) is 0 Å². The minimum atomic E-state index is -0.764. The first kappa shape index (κ1) is 19.3. The highest BCUT2D eigenvalue weighted by Crippen LogP contribution is 2.29. The highest BCUT2D eigenvalue weighted by Gasteiger charge is 2.27. The molecule has 142 valence electrons. The smallest absolute Gasteiger partial charge is 0.170 e. The van der Waals surface area contributed by atoms with Crippen LogP contribution >= 0.6 is 11.3 Å². The fourth-order valence-corrected chi connectivity index (χ4v) is 4.09. The van der Waals surface area contributed by atoms with Crippen molar-refractivity contribution in [3.05, 3.63) is 40.3 Å². The number of aryl methyl sites for hydroxylation is 1. The fourth-order valence-electron chi connectivity index (χ4n) is 3.22. The second-order valence-electron chi connectivity index (χ2n) is 6.52. The first-order valence-electron chi connectivity index (χ1n) is 9.16. The Morgan fingerprint density at radius 2 is 2.07 bits per heavy atom. The monoisotopic (exact) mass is 384 g/mol. The summed E-state index contributed by atoms with van der Waals surface area (Å²) in [6, 6.07) is 10.2. The SMILES string of the molecule is CCOc1ccccc1N1CCN(CC(=O)[C@H](C#N)c2nc(C)cs2)CC1. The van der Waals surface area contributed by atoms with E-state index in [9.17, 15) is 10.1 Å². The van der Waals surface area contributed by atoms with Gasteiger partial charge in [-0.1, -0.05) is 12.1 Å². The number of carbonyl (C=O) groups excluding carboxylic acids is 1. The Bertz CT molecular complexity index is 821. The number of Topliss-reactive ketones (excluding diaryl/α,β-unsaturated/α-hetero) is 1. The molecule has 0 bridgehead atoms. The molecule has 0 saturated carbocycles. The third kappa shape index (κ3) is 4.65. The first-order valence-corrected chi connectivity index (χ1v) is 10.0. The second kappa shape index (κ2) is 8.98. The third-order valence-corrected chi connectivity index (χ3v) is 5.62. The van der Waals surface area contributed by atoms with E-state index < -0.39 is 5.92 Å². The number of nitriles is 1. The van der Waals surface area contributed by atoms with Crippen LogP contribution in [0.2, 0.25) is 0 Å². The summed E-state index contributed by atoms with van der Waals surface area (Å²) in [5.74, 6) is 0.0589. The minimum absolute atomic E-state index is 0.0741. The molecule has 27 heavy (non-hydrogen) atoms. The Morgan fingerprint density at radius 1 is 1.33 bits per heavy atom. The summed E-state index contributed by atoms with van der Waals surface area (Å²) in [5.41, 5.74) is 1.95. The molecule has 0 N–H and O–H groups in total. The van der Waals surface area contributed by atoms with Gasteiger partial charge in [0.2, 0.25) is 0 Å². The summed E-state index contributed by atoms with van der Waals surface area (Å²) >= 11 is 1.38. The number of aromatic nitrogens is 1. The molecule has 2 aromatic rings.